The van der Waals surface area contributed by atoms with Crippen molar-refractivity contribution in [2.24, 2.45) is 11.1 Å². The van der Waals surface area contributed by atoms with Gasteiger partial charge in [0, 0.05) is 53.3 Å². The van der Waals surface area contributed by atoms with Gasteiger partial charge in [-0.15, -0.1) is 0 Å². The van der Waals surface area contributed by atoms with Crippen LogP contribution in [0.5, 0.6) is 5.75 Å². The van der Waals surface area contributed by atoms with E-state index in [0.29, 0.717) is 40.5 Å². The number of hydrogen-bond acceptors (Lipinski definition) is 6. The summed E-state index contributed by atoms with van der Waals surface area (Å²) >= 11 is 0. The number of allylic oxidation sites excluding steroid dienone is 1. The lowest BCUT2D eigenvalue weighted by atomic mass is 9.96. The number of carbonyl (C=O) groups is 3. The monoisotopic (exact) mass is 608 g/mol. The van der Waals surface area contributed by atoms with Crippen LogP contribution >= 0.6 is 0 Å². The molecule has 0 aliphatic rings. The van der Waals surface area contributed by atoms with Crippen LogP contribution in [0.2, 0.25) is 0 Å². The summed E-state index contributed by atoms with van der Waals surface area (Å²) in [6.07, 6.45) is 7.12. The molecule has 0 fully saturated rings. The molecule has 1 atom stereocenters. The van der Waals surface area contributed by atoms with Crippen molar-refractivity contribution in [3.05, 3.63) is 83.9 Å². The number of aromatic nitrogens is 1. The molecule has 1 heterocycles. The van der Waals surface area contributed by atoms with E-state index in [1.54, 1.807) is 24.3 Å². The number of unbranched alkanes of at least 4 members (excludes halogenated alkanes) is 2. The summed E-state index contributed by atoms with van der Waals surface area (Å²) in [6, 6.07) is 18.8. The van der Waals surface area contributed by atoms with Crippen LogP contribution in [-0.2, 0) is 21.0 Å². The van der Waals surface area contributed by atoms with Gasteiger partial charge in [-0.3, -0.25) is 9.59 Å². The number of carbonyl (C=O) groups excluding carboxylic acids is 3. The van der Waals surface area contributed by atoms with Crippen LogP contribution in [0, 0.1) is 5.92 Å². The Balaban J connectivity index is 1.82. The van der Waals surface area contributed by atoms with Gasteiger partial charge >= 0.3 is 11.9 Å². The quantitative estimate of drug-likeness (QED) is 0.0335. The molecule has 7 nitrogen and oxygen atoms in total. The molecule has 7 heteroatoms. The second-order valence-corrected chi connectivity index (χ2v) is 11.6. The highest BCUT2D eigenvalue weighted by atomic mass is 16.7. The van der Waals surface area contributed by atoms with E-state index >= 15 is 0 Å². The molecule has 3 aromatic carbocycles. The van der Waals surface area contributed by atoms with Crippen LogP contribution in [0.25, 0.3) is 27.4 Å². The number of benzene rings is 3. The summed E-state index contributed by atoms with van der Waals surface area (Å²) in [6.45, 7) is 14.5. The Morgan fingerprint density at radius 3 is 1.98 bits per heavy atom. The molecule has 0 bridgehead atoms. The van der Waals surface area contributed by atoms with Crippen molar-refractivity contribution in [2.45, 2.75) is 86.1 Å². The number of ether oxygens (including phenoxy) is 1. The van der Waals surface area contributed by atoms with Gasteiger partial charge in [0.25, 0.3) is 0 Å². The van der Waals surface area contributed by atoms with E-state index in [2.05, 4.69) is 55.3 Å². The van der Waals surface area contributed by atoms with Gasteiger partial charge in [0.05, 0.1) is 5.71 Å². The Kier molecular flexibility index (Phi) is 11.5. The number of esters is 1. The number of nitrogens with zero attached hydrogens (tertiary/aromatic N) is 2. The molecule has 4 aromatic rings. The number of hydrogen-bond donors (Lipinski definition) is 0. The zero-order chi connectivity index (χ0) is 32.5. The topological polar surface area (TPSA) is 87.0 Å². The van der Waals surface area contributed by atoms with E-state index in [4.69, 9.17) is 9.57 Å². The molecule has 0 saturated heterocycles. The lowest BCUT2D eigenvalue weighted by molar-refractivity contribution is -0.141. The maximum atomic E-state index is 13.6. The maximum absolute atomic E-state index is 13.6. The fourth-order valence-electron chi connectivity index (χ4n) is 5.69. The number of fused-ring (bicyclic) bond motifs is 3. The zero-order valence-corrected chi connectivity index (χ0v) is 27.2. The van der Waals surface area contributed by atoms with E-state index < -0.39 is 11.9 Å². The van der Waals surface area contributed by atoms with Crippen molar-refractivity contribution >= 4 is 50.8 Å². The Morgan fingerprint density at radius 1 is 0.800 bits per heavy atom. The Labute approximate surface area is 265 Å². The van der Waals surface area contributed by atoms with E-state index in [1.807, 2.05) is 18.2 Å². The maximum Gasteiger partial charge on any atom is 0.331 e. The van der Waals surface area contributed by atoms with Crippen LogP contribution in [0.4, 0.5) is 0 Å². The standard InChI is InChI=1S/C38H44N2O5/c1-7-10-12-28(9-3)24-40-36-20-16-30(25(4)35(13-11-8-2)39-45-27(6)42)22-33(36)34-23-31(17-21-37(34)40)38(43)29-14-18-32(19-15-29)44-26(5)41/h14-23,28H,4,7-13,24H2,1-3,5-6H3/b39-35-. The van der Waals surface area contributed by atoms with Crippen molar-refractivity contribution in [3.63, 3.8) is 0 Å². The summed E-state index contributed by atoms with van der Waals surface area (Å²) < 4.78 is 7.51. The van der Waals surface area contributed by atoms with Gasteiger partial charge in [-0.1, -0.05) is 64.3 Å². The average Bonchev–Trinajstić information content (AvgIpc) is 3.34. The molecule has 0 N–H and O–H groups in total. The van der Waals surface area contributed by atoms with Gasteiger partial charge in [-0.2, -0.15) is 0 Å². The fourth-order valence-corrected chi connectivity index (χ4v) is 5.69. The molecule has 45 heavy (non-hydrogen) atoms. The smallest absolute Gasteiger partial charge is 0.331 e. The fraction of sp³-hybridized carbons (Fsp3) is 0.368. The summed E-state index contributed by atoms with van der Waals surface area (Å²) in [5.41, 5.74) is 5.50. The van der Waals surface area contributed by atoms with Crippen molar-refractivity contribution < 1.29 is 24.0 Å². The summed E-state index contributed by atoms with van der Waals surface area (Å²) in [5, 5.41) is 6.16. The Hall–Kier alpha value is -4.52. The first kappa shape index (κ1) is 33.4. The van der Waals surface area contributed by atoms with E-state index in [1.165, 1.54) is 20.3 Å². The van der Waals surface area contributed by atoms with Crippen LogP contribution in [0.15, 0.2) is 72.4 Å². The largest absolute Gasteiger partial charge is 0.427 e. The molecular formula is C38H44N2O5. The third-order valence-corrected chi connectivity index (χ3v) is 8.24. The van der Waals surface area contributed by atoms with E-state index in [-0.39, 0.29) is 5.78 Å². The van der Waals surface area contributed by atoms with E-state index in [0.717, 1.165) is 66.0 Å². The summed E-state index contributed by atoms with van der Waals surface area (Å²) in [4.78, 5) is 41.5. The van der Waals surface area contributed by atoms with Crippen LogP contribution in [0.1, 0.15) is 101 Å². The van der Waals surface area contributed by atoms with Crippen molar-refractivity contribution in [1.82, 2.24) is 4.57 Å². The lowest BCUT2D eigenvalue weighted by Crippen LogP contribution is -2.10. The normalized spacial score (nSPS) is 12.3. The zero-order valence-electron chi connectivity index (χ0n) is 27.2. The predicted molar refractivity (Wildman–Crippen MR) is 182 cm³/mol. The lowest BCUT2D eigenvalue weighted by Gasteiger charge is -2.17. The first-order chi connectivity index (χ1) is 21.7. The highest BCUT2D eigenvalue weighted by molar-refractivity contribution is 6.24. The van der Waals surface area contributed by atoms with Gasteiger partial charge in [0.2, 0.25) is 0 Å². The molecule has 0 spiro atoms. The van der Waals surface area contributed by atoms with Crippen LogP contribution in [-0.4, -0.2) is 28.0 Å². The van der Waals surface area contributed by atoms with Crippen molar-refractivity contribution in [2.75, 3.05) is 0 Å². The minimum Gasteiger partial charge on any atom is -0.427 e. The molecule has 0 amide bonds. The number of ketones is 1. The summed E-state index contributed by atoms with van der Waals surface area (Å²) in [5.74, 6) is -0.0611. The molecule has 0 aliphatic carbocycles. The van der Waals surface area contributed by atoms with Gasteiger partial charge in [-0.05, 0) is 90.9 Å². The van der Waals surface area contributed by atoms with Gasteiger partial charge < -0.3 is 14.1 Å². The van der Waals surface area contributed by atoms with Crippen molar-refractivity contribution in [1.29, 1.82) is 0 Å². The molecule has 0 radical (unpaired) electrons. The highest BCUT2D eigenvalue weighted by Crippen LogP contribution is 2.34. The third kappa shape index (κ3) is 8.15. The second-order valence-electron chi connectivity index (χ2n) is 11.6. The molecule has 0 saturated carbocycles. The predicted octanol–water partition coefficient (Wildman–Crippen LogP) is 9.29. The molecule has 0 aliphatic heterocycles. The highest BCUT2D eigenvalue weighted by Gasteiger charge is 2.19. The minimum absolute atomic E-state index is 0.113. The molecule has 1 aromatic heterocycles. The molecule has 1 unspecified atom stereocenters. The SMILES string of the molecule is C=C(/C(CCCC)=N\OC(C)=O)c1ccc2c(c1)c1cc(C(=O)c3ccc(OC(C)=O)cc3)ccc1n2CC(CC)CCCC. The average molecular weight is 609 g/mol. The van der Waals surface area contributed by atoms with Crippen LogP contribution in [0.3, 0.4) is 0 Å². The second kappa shape index (κ2) is 15.5. The van der Waals surface area contributed by atoms with Crippen LogP contribution < -0.4 is 4.74 Å². The number of rotatable bonds is 15. The molecule has 236 valence electrons. The van der Waals surface area contributed by atoms with Crippen molar-refractivity contribution in [3.8, 4) is 5.75 Å². The third-order valence-electron chi connectivity index (χ3n) is 8.24. The van der Waals surface area contributed by atoms with Gasteiger partial charge in [0.1, 0.15) is 5.75 Å². The van der Waals surface area contributed by atoms with Gasteiger partial charge in [-0.25, -0.2) is 4.79 Å². The Bertz CT molecular complexity index is 1730. The number of oxime groups is 1. The first-order valence-corrected chi connectivity index (χ1v) is 16.0. The molecule has 4 rings (SSSR count). The molecular weight excluding hydrogens is 564 g/mol. The first-order valence-electron chi connectivity index (χ1n) is 16.0. The minimum atomic E-state index is -0.470. The Morgan fingerprint density at radius 2 is 1.40 bits per heavy atom. The van der Waals surface area contributed by atoms with E-state index in [9.17, 15) is 14.4 Å². The summed E-state index contributed by atoms with van der Waals surface area (Å²) in [7, 11) is 0. The van der Waals surface area contributed by atoms with Gasteiger partial charge in [0.15, 0.2) is 5.78 Å².